The smallest absolute Gasteiger partial charge is 0.341 e. The molecule has 25 heavy (non-hydrogen) atoms. The van der Waals surface area contributed by atoms with Crippen LogP contribution in [0.2, 0.25) is 0 Å². The molecular formula is C18H16N2O5. The highest BCUT2D eigenvalue weighted by molar-refractivity contribution is 6.06. The zero-order valence-corrected chi connectivity index (χ0v) is 13.2. The molecule has 1 heterocycles. The molecule has 2 fully saturated rings. The molecule has 4 rings (SSSR count). The Bertz CT molecular complexity index is 768. The number of aliphatic carboxylic acids is 1. The lowest BCUT2D eigenvalue weighted by atomic mass is 9.85. The maximum Gasteiger partial charge on any atom is 0.341 e. The third kappa shape index (κ3) is 2.61. The second-order valence-corrected chi connectivity index (χ2v) is 6.48. The van der Waals surface area contributed by atoms with Crippen molar-refractivity contribution >= 4 is 24.0 Å². The zero-order valence-electron chi connectivity index (χ0n) is 13.2. The Hall–Kier alpha value is -2.96. The van der Waals surface area contributed by atoms with E-state index in [4.69, 9.17) is 9.84 Å². The number of carboxylic acids is 1. The molecule has 1 N–H and O–H groups in total. The summed E-state index contributed by atoms with van der Waals surface area (Å²) in [6.45, 7) is -0.413. The summed E-state index contributed by atoms with van der Waals surface area (Å²) in [5.74, 6) is -1.25. The summed E-state index contributed by atoms with van der Waals surface area (Å²) in [4.78, 5) is 35.5. The van der Waals surface area contributed by atoms with Crippen molar-refractivity contribution < 1.29 is 24.2 Å². The fourth-order valence-corrected chi connectivity index (χ4v) is 3.92. The van der Waals surface area contributed by atoms with Gasteiger partial charge < -0.3 is 9.84 Å². The Morgan fingerprint density at radius 1 is 1.16 bits per heavy atom. The minimum absolute atomic E-state index is 0.164. The first-order chi connectivity index (χ1) is 12.0. The van der Waals surface area contributed by atoms with Crippen molar-refractivity contribution in [3.05, 3.63) is 42.0 Å². The highest BCUT2D eigenvalue weighted by Crippen LogP contribution is 2.52. The summed E-state index contributed by atoms with van der Waals surface area (Å²) in [7, 11) is 0. The van der Waals surface area contributed by atoms with Crippen LogP contribution in [-0.2, 0) is 14.4 Å². The number of carbonyl (C=O) groups is 3. The first-order valence-electron chi connectivity index (χ1n) is 8.09. The van der Waals surface area contributed by atoms with Gasteiger partial charge in [0.2, 0.25) is 0 Å². The van der Waals surface area contributed by atoms with E-state index in [0.717, 1.165) is 11.4 Å². The van der Waals surface area contributed by atoms with Crippen LogP contribution in [-0.4, -0.2) is 40.7 Å². The van der Waals surface area contributed by atoms with Crippen LogP contribution in [0, 0.1) is 23.7 Å². The lowest BCUT2D eigenvalue weighted by molar-refractivity contribution is -0.141. The first-order valence-corrected chi connectivity index (χ1v) is 8.09. The molecule has 0 aromatic heterocycles. The van der Waals surface area contributed by atoms with E-state index in [1.165, 1.54) is 6.21 Å². The number of benzene rings is 1. The number of ether oxygens (including phenoxy) is 1. The van der Waals surface area contributed by atoms with E-state index in [0.29, 0.717) is 11.3 Å². The number of nitrogens with zero attached hydrogens (tertiary/aromatic N) is 2. The van der Waals surface area contributed by atoms with Gasteiger partial charge in [-0.1, -0.05) is 12.2 Å². The molecule has 1 saturated heterocycles. The monoisotopic (exact) mass is 340 g/mol. The molecular weight excluding hydrogens is 324 g/mol. The number of imide groups is 1. The summed E-state index contributed by atoms with van der Waals surface area (Å²) in [5, 5.41) is 13.7. The van der Waals surface area contributed by atoms with Crippen molar-refractivity contribution in [1.82, 2.24) is 5.01 Å². The summed E-state index contributed by atoms with van der Waals surface area (Å²) < 4.78 is 5.05. The van der Waals surface area contributed by atoms with E-state index in [1.54, 1.807) is 24.3 Å². The Morgan fingerprint density at radius 3 is 2.32 bits per heavy atom. The van der Waals surface area contributed by atoms with Crippen LogP contribution >= 0.6 is 0 Å². The fraction of sp³-hybridized carbons (Fsp3) is 0.333. The van der Waals surface area contributed by atoms with Crippen LogP contribution in [0.5, 0.6) is 5.75 Å². The third-order valence-electron chi connectivity index (χ3n) is 5.01. The molecule has 0 radical (unpaired) electrons. The Morgan fingerprint density at radius 2 is 1.76 bits per heavy atom. The SMILES string of the molecule is O=C(O)COc1ccc(/C=N\N2C(=O)[C@@H]3[C@H](C2=O)[C@H]2C=C[C@H]3C2)cc1. The number of rotatable bonds is 5. The number of hydrazone groups is 1. The van der Waals surface area contributed by atoms with Gasteiger partial charge in [-0.2, -0.15) is 10.1 Å². The number of amides is 2. The van der Waals surface area contributed by atoms with Gasteiger partial charge in [0.25, 0.3) is 11.8 Å². The highest BCUT2D eigenvalue weighted by Gasteiger charge is 2.59. The van der Waals surface area contributed by atoms with Crippen molar-refractivity contribution in [3.8, 4) is 5.75 Å². The predicted octanol–water partition coefficient (Wildman–Crippen LogP) is 1.29. The van der Waals surface area contributed by atoms with Crippen LogP contribution < -0.4 is 4.74 Å². The molecule has 128 valence electrons. The highest BCUT2D eigenvalue weighted by atomic mass is 16.5. The molecule has 7 heteroatoms. The second-order valence-electron chi connectivity index (χ2n) is 6.48. The molecule has 2 aliphatic carbocycles. The quantitative estimate of drug-likeness (QED) is 0.495. The maximum atomic E-state index is 12.5. The van der Waals surface area contributed by atoms with Gasteiger partial charge in [0.15, 0.2) is 6.61 Å². The molecule has 1 aromatic rings. The van der Waals surface area contributed by atoms with E-state index < -0.39 is 12.6 Å². The van der Waals surface area contributed by atoms with Gasteiger partial charge in [-0.05, 0) is 48.1 Å². The van der Waals surface area contributed by atoms with Crippen LogP contribution in [0.15, 0.2) is 41.5 Å². The fourth-order valence-electron chi connectivity index (χ4n) is 3.92. The molecule has 7 nitrogen and oxygen atoms in total. The van der Waals surface area contributed by atoms with Crippen molar-refractivity contribution in [2.45, 2.75) is 6.42 Å². The average Bonchev–Trinajstić information content (AvgIpc) is 3.27. The molecule has 2 bridgehead atoms. The Balaban J connectivity index is 1.45. The number of hydrogen-bond acceptors (Lipinski definition) is 5. The van der Waals surface area contributed by atoms with E-state index in [-0.39, 0.29) is 35.5 Å². The van der Waals surface area contributed by atoms with Crippen molar-refractivity contribution in [3.63, 3.8) is 0 Å². The summed E-state index contributed by atoms with van der Waals surface area (Å²) in [6, 6.07) is 6.57. The minimum atomic E-state index is -1.05. The van der Waals surface area contributed by atoms with Crippen LogP contribution in [0.1, 0.15) is 12.0 Å². The molecule has 3 aliphatic rings. The van der Waals surface area contributed by atoms with Gasteiger partial charge in [-0.3, -0.25) is 9.59 Å². The van der Waals surface area contributed by atoms with E-state index in [1.807, 2.05) is 12.2 Å². The number of fused-ring (bicyclic) bond motifs is 5. The lowest BCUT2D eigenvalue weighted by Gasteiger charge is -2.13. The predicted molar refractivity (Wildman–Crippen MR) is 86.7 cm³/mol. The number of carbonyl (C=O) groups excluding carboxylic acids is 2. The van der Waals surface area contributed by atoms with Crippen LogP contribution in [0.25, 0.3) is 0 Å². The van der Waals surface area contributed by atoms with Crippen molar-refractivity contribution in [1.29, 1.82) is 0 Å². The van der Waals surface area contributed by atoms with E-state index >= 15 is 0 Å². The average molecular weight is 340 g/mol. The summed E-state index contributed by atoms with van der Waals surface area (Å²) in [5.41, 5.74) is 0.682. The zero-order chi connectivity index (χ0) is 17.6. The number of hydrogen-bond donors (Lipinski definition) is 1. The summed E-state index contributed by atoms with van der Waals surface area (Å²) >= 11 is 0. The molecule has 4 atom stereocenters. The topological polar surface area (TPSA) is 96.3 Å². The molecule has 0 spiro atoms. The van der Waals surface area contributed by atoms with Gasteiger partial charge >= 0.3 is 5.97 Å². The number of carboxylic acid groups (broad SMARTS) is 1. The first kappa shape index (κ1) is 15.6. The van der Waals surface area contributed by atoms with Crippen molar-refractivity contribution in [2.24, 2.45) is 28.8 Å². The van der Waals surface area contributed by atoms with Gasteiger partial charge in [0, 0.05) is 0 Å². The Kier molecular flexibility index (Phi) is 3.63. The molecule has 1 saturated carbocycles. The number of allylic oxidation sites excluding steroid dienone is 2. The van der Waals surface area contributed by atoms with Gasteiger partial charge in [0.05, 0.1) is 18.1 Å². The standard InChI is InChI=1S/C18H16N2O5/c21-14(22)9-25-13-5-1-10(2-6-13)8-19-20-17(23)15-11-3-4-12(7-11)16(15)18(20)24/h1-6,8,11-12,15-16H,7,9H2,(H,21,22)/b19-8-/t11-,12-,15-,16+/m0/s1. The molecule has 2 amide bonds. The minimum Gasteiger partial charge on any atom is -0.482 e. The van der Waals surface area contributed by atoms with Crippen LogP contribution in [0.3, 0.4) is 0 Å². The molecule has 0 unspecified atom stereocenters. The lowest BCUT2D eigenvalue weighted by Crippen LogP contribution is -2.28. The maximum absolute atomic E-state index is 12.5. The van der Waals surface area contributed by atoms with Gasteiger partial charge in [-0.15, -0.1) is 0 Å². The summed E-state index contributed by atoms with van der Waals surface area (Å²) in [6.07, 6.45) is 6.43. The van der Waals surface area contributed by atoms with E-state index in [9.17, 15) is 14.4 Å². The second kappa shape index (κ2) is 5.84. The van der Waals surface area contributed by atoms with Gasteiger partial charge in [-0.25, -0.2) is 4.79 Å². The Labute approximate surface area is 143 Å². The normalized spacial score (nSPS) is 29.7. The largest absolute Gasteiger partial charge is 0.482 e. The van der Waals surface area contributed by atoms with E-state index in [2.05, 4.69) is 5.10 Å². The third-order valence-corrected chi connectivity index (χ3v) is 5.01. The van der Waals surface area contributed by atoms with Crippen molar-refractivity contribution in [2.75, 3.05) is 6.61 Å². The van der Waals surface area contributed by atoms with Crippen LogP contribution in [0.4, 0.5) is 0 Å². The molecule has 1 aliphatic heterocycles. The van der Waals surface area contributed by atoms with Gasteiger partial charge in [0.1, 0.15) is 5.75 Å². The molecule has 1 aromatic carbocycles.